The van der Waals surface area contributed by atoms with Crippen LogP contribution in [-0.2, 0) is 23.9 Å². The molecule has 12 heteroatoms. The molecule has 4 heterocycles. The lowest BCUT2D eigenvalue weighted by Crippen LogP contribution is -2.52. The number of rotatable bonds is 12. The van der Waals surface area contributed by atoms with Crippen molar-refractivity contribution in [1.29, 1.82) is 0 Å². The van der Waals surface area contributed by atoms with Gasteiger partial charge in [0.25, 0.3) is 0 Å². The highest BCUT2D eigenvalue weighted by Gasteiger charge is 2.57. The molecule has 0 unspecified atom stereocenters. The van der Waals surface area contributed by atoms with Gasteiger partial charge >= 0.3 is 12.1 Å². The van der Waals surface area contributed by atoms with Crippen molar-refractivity contribution in [2.45, 2.75) is 96.4 Å². The molecule has 12 nitrogen and oxygen atoms in total. The van der Waals surface area contributed by atoms with Crippen LogP contribution < -0.4 is 5.32 Å². The summed E-state index contributed by atoms with van der Waals surface area (Å²) < 4.78 is 9.74. The largest absolute Gasteiger partial charge is 0.469 e. The number of likely N-dealkylation sites (tertiary alicyclic amines) is 2. The van der Waals surface area contributed by atoms with E-state index >= 15 is 0 Å². The Morgan fingerprint density at radius 2 is 1.37 bits per heavy atom. The minimum absolute atomic E-state index is 0.0266. The molecular formula is C48H54N6O6. The highest BCUT2D eigenvalue weighted by Crippen LogP contribution is 2.54. The SMILES string of the molecule is COC(=O)C[C@H](C(=O)N1[C@H](C2=NC=C(c3ccc(-c4ccc5cc(-c6cnc([C@@H]7C[C@@H]8C[C@@H]8N7C(=O)[C@@H](NC(=O)OC)C(C)C)[nH]6)ccc5c4)cc3)C2)C[C@@H]2C[C@@H]21)C(C)C. The minimum Gasteiger partial charge on any atom is -0.469 e. The Morgan fingerprint density at radius 1 is 0.750 bits per heavy atom. The molecule has 4 fully saturated rings. The molecule has 2 saturated heterocycles. The molecule has 1 aromatic heterocycles. The predicted molar refractivity (Wildman–Crippen MR) is 229 cm³/mol. The van der Waals surface area contributed by atoms with Crippen molar-refractivity contribution in [3.8, 4) is 22.4 Å². The first-order valence-electron chi connectivity index (χ1n) is 21.4. The maximum atomic E-state index is 13.9. The van der Waals surface area contributed by atoms with Crippen molar-refractivity contribution in [1.82, 2.24) is 25.1 Å². The second-order valence-corrected chi connectivity index (χ2v) is 18.1. The maximum absolute atomic E-state index is 13.9. The van der Waals surface area contributed by atoms with Crippen LogP contribution in [0.15, 0.2) is 78.1 Å². The van der Waals surface area contributed by atoms with Gasteiger partial charge in [0.1, 0.15) is 11.9 Å². The zero-order valence-electron chi connectivity index (χ0n) is 35.2. The first-order valence-corrected chi connectivity index (χ1v) is 21.4. The first kappa shape index (κ1) is 39.7. The van der Waals surface area contributed by atoms with Gasteiger partial charge in [-0.2, -0.15) is 0 Å². The van der Waals surface area contributed by atoms with Gasteiger partial charge in [-0.1, -0.05) is 76.2 Å². The Balaban J connectivity index is 0.854. The van der Waals surface area contributed by atoms with E-state index in [1.807, 2.05) is 45.0 Å². The minimum atomic E-state index is -0.673. The molecule has 8 atom stereocenters. The van der Waals surface area contributed by atoms with Crippen molar-refractivity contribution in [2.24, 2.45) is 34.6 Å². The van der Waals surface area contributed by atoms with E-state index in [0.29, 0.717) is 18.3 Å². The number of H-pyrrole nitrogens is 1. The lowest BCUT2D eigenvalue weighted by molar-refractivity contribution is -0.148. The number of fused-ring (bicyclic) bond motifs is 3. The van der Waals surface area contributed by atoms with Gasteiger partial charge in [-0.25, -0.2) is 9.78 Å². The monoisotopic (exact) mass is 810 g/mol. The van der Waals surface area contributed by atoms with E-state index in [4.69, 9.17) is 19.5 Å². The normalized spacial score (nSPS) is 24.8. The summed E-state index contributed by atoms with van der Waals surface area (Å²) in [5.41, 5.74) is 7.45. The van der Waals surface area contributed by atoms with Crippen LogP contribution in [0, 0.1) is 29.6 Å². The number of aliphatic imine (C=N–C) groups is 1. The molecule has 9 rings (SSSR count). The molecule has 312 valence electrons. The van der Waals surface area contributed by atoms with Gasteiger partial charge in [0.05, 0.1) is 50.5 Å². The number of aromatic amines is 1. The van der Waals surface area contributed by atoms with Gasteiger partial charge in [0.15, 0.2) is 0 Å². The van der Waals surface area contributed by atoms with Crippen LogP contribution in [0.2, 0.25) is 0 Å². The van der Waals surface area contributed by atoms with Crippen LogP contribution in [0.4, 0.5) is 4.79 Å². The maximum Gasteiger partial charge on any atom is 0.407 e. The number of nitrogens with one attached hydrogen (secondary N) is 2. The number of esters is 1. The summed E-state index contributed by atoms with van der Waals surface area (Å²) in [6.45, 7) is 7.85. The number of carbonyl (C=O) groups excluding carboxylic acids is 4. The van der Waals surface area contributed by atoms with E-state index in [1.165, 1.54) is 14.2 Å². The summed E-state index contributed by atoms with van der Waals surface area (Å²) in [7, 11) is 2.68. The van der Waals surface area contributed by atoms with Crippen molar-refractivity contribution in [3.63, 3.8) is 0 Å². The molecule has 4 aromatic rings. The second-order valence-electron chi connectivity index (χ2n) is 18.1. The number of piperidine rings is 2. The number of methoxy groups -OCH3 is 2. The molecule has 0 radical (unpaired) electrons. The number of benzene rings is 3. The van der Waals surface area contributed by atoms with Crippen LogP contribution in [0.5, 0.6) is 0 Å². The highest BCUT2D eigenvalue weighted by molar-refractivity contribution is 6.04. The van der Waals surface area contributed by atoms with Crippen molar-refractivity contribution >= 4 is 45.9 Å². The molecule has 5 aliphatic rings. The first-order chi connectivity index (χ1) is 28.9. The fourth-order valence-corrected chi connectivity index (χ4v) is 9.96. The smallest absolute Gasteiger partial charge is 0.407 e. The topological polar surface area (TPSA) is 146 Å². The van der Waals surface area contributed by atoms with E-state index in [-0.39, 0.29) is 60.2 Å². The fraction of sp³-hybridized carbons (Fsp3) is 0.458. The molecular weight excluding hydrogens is 757 g/mol. The molecule has 3 amide bonds. The lowest BCUT2D eigenvalue weighted by atomic mass is 9.89. The van der Waals surface area contributed by atoms with Crippen molar-refractivity contribution in [3.05, 3.63) is 84.4 Å². The predicted octanol–water partition coefficient (Wildman–Crippen LogP) is 7.95. The van der Waals surface area contributed by atoms with Gasteiger partial charge < -0.3 is 29.6 Å². The van der Waals surface area contributed by atoms with E-state index in [2.05, 4.69) is 75.9 Å². The average Bonchev–Trinajstić information content (AvgIpc) is 3.83. The van der Waals surface area contributed by atoms with E-state index < -0.39 is 18.1 Å². The van der Waals surface area contributed by atoms with E-state index in [1.54, 1.807) is 0 Å². The number of allylic oxidation sites excluding steroid dienone is 1. The molecule has 0 bridgehead atoms. The van der Waals surface area contributed by atoms with Crippen LogP contribution in [-0.4, -0.2) is 87.7 Å². The molecule has 2 saturated carbocycles. The molecule has 0 spiro atoms. The number of nitrogens with zero attached hydrogens (tertiary/aromatic N) is 4. The number of carbonyl (C=O) groups is 4. The fourth-order valence-electron chi connectivity index (χ4n) is 9.96. The zero-order chi connectivity index (χ0) is 42.0. The Hall–Kier alpha value is -5.78. The number of ether oxygens (including phenoxy) is 2. The number of amides is 3. The zero-order valence-corrected chi connectivity index (χ0v) is 35.2. The van der Waals surface area contributed by atoms with Gasteiger partial charge in [0, 0.05) is 36.0 Å². The molecule has 3 aromatic carbocycles. The average molecular weight is 811 g/mol. The number of alkyl carbamates (subject to hydrolysis) is 1. The Labute approximate surface area is 350 Å². The van der Waals surface area contributed by atoms with E-state index in [0.717, 1.165) is 81.5 Å². The summed E-state index contributed by atoms with van der Waals surface area (Å²) in [5, 5.41) is 4.99. The highest BCUT2D eigenvalue weighted by atomic mass is 16.5. The molecule has 2 N–H and O–H groups in total. The van der Waals surface area contributed by atoms with Crippen LogP contribution in [0.25, 0.3) is 38.7 Å². The summed E-state index contributed by atoms with van der Waals surface area (Å²) in [4.78, 5) is 69.2. The van der Waals surface area contributed by atoms with Gasteiger partial charge in [0.2, 0.25) is 11.8 Å². The van der Waals surface area contributed by atoms with Crippen LogP contribution >= 0.6 is 0 Å². The molecule has 3 aliphatic heterocycles. The van der Waals surface area contributed by atoms with Gasteiger partial charge in [-0.3, -0.25) is 19.4 Å². The lowest BCUT2D eigenvalue weighted by Gasteiger charge is -2.32. The van der Waals surface area contributed by atoms with Gasteiger partial charge in [-0.15, -0.1) is 0 Å². The third-order valence-corrected chi connectivity index (χ3v) is 13.6. The third kappa shape index (κ3) is 7.38. The molecule has 60 heavy (non-hydrogen) atoms. The standard InChI is InChI=1S/C48H54N6O6/c1-25(2)36(22-43(55)59-5)46(56)53-39-18-33(39)20-41(53)37-17-35(23-49-37)28-9-7-27(8-10-28)29-11-12-31-16-32(14-13-30(31)15-29)38-24-50-45(51-38)42-21-34-19-40(34)54(42)47(57)44(26(3)4)52-48(58)60-6/h7-16,23-26,33-34,36,39-42,44H,17-22H2,1-6H3,(H,50,51)(H,52,58)/t33-,34-,36-,39-,40-,41-,42-,44-/m0/s1. The van der Waals surface area contributed by atoms with Crippen LogP contribution in [0.1, 0.15) is 83.6 Å². The second kappa shape index (κ2) is 15.7. The van der Waals surface area contributed by atoms with Crippen LogP contribution in [0.3, 0.4) is 0 Å². The summed E-state index contributed by atoms with van der Waals surface area (Å²) in [6.07, 6.45) is 7.81. The molecule has 2 aliphatic carbocycles. The Bertz CT molecular complexity index is 2420. The van der Waals surface area contributed by atoms with Crippen molar-refractivity contribution in [2.75, 3.05) is 14.2 Å². The number of imidazole rings is 1. The Morgan fingerprint density at radius 3 is 2.02 bits per heavy atom. The number of hydrogen-bond donors (Lipinski definition) is 2. The summed E-state index contributed by atoms with van der Waals surface area (Å²) >= 11 is 0. The number of hydrogen-bond acceptors (Lipinski definition) is 8. The quantitative estimate of drug-likeness (QED) is 0.138. The van der Waals surface area contributed by atoms with Crippen molar-refractivity contribution < 1.29 is 28.7 Å². The summed E-state index contributed by atoms with van der Waals surface area (Å²) in [6, 6.07) is 21.1. The third-order valence-electron chi connectivity index (χ3n) is 13.6. The summed E-state index contributed by atoms with van der Waals surface area (Å²) in [5.74, 6) is 0.891. The van der Waals surface area contributed by atoms with E-state index in [9.17, 15) is 19.2 Å². The Kier molecular flexibility index (Phi) is 10.4. The number of aromatic nitrogens is 2. The van der Waals surface area contributed by atoms with Gasteiger partial charge in [-0.05, 0) is 94.5 Å².